The molecule has 2 rings (SSSR count). The van der Waals surface area contributed by atoms with Gasteiger partial charge in [-0.05, 0) is 52.5 Å². The van der Waals surface area contributed by atoms with E-state index in [0.29, 0.717) is 6.42 Å². The summed E-state index contributed by atoms with van der Waals surface area (Å²) in [5, 5.41) is 0. The lowest BCUT2D eigenvalue weighted by Gasteiger charge is -2.12. The Morgan fingerprint density at radius 2 is 2.18 bits per heavy atom. The Balaban J connectivity index is 2.25. The summed E-state index contributed by atoms with van der Waals surface area (Å²) in [6.07, 6.45) is 5.96. The molecule has 2 nitrogen and oxygen atoms in total. The number of hydrogen-bond donors (Lipinski definition) is 0. The van der Waals surface area contributed by atoms with E-state index in [-0.39, 0.29) is 17.5 Å². The van der Waals surface area contributed by atoms with Crippen molar-refractivity contribution in [2.75, 3.05) is 0 Å². The molecule has 0 aromatic rings. The van der Waals surface area contributed by atoms with E-state index < -0.39 is 0 Å². The van der Waals surface area contributed by atoms with Gasteiger partial charge in [0.1, 0.15) is 0 Å². The van der Waals surface area contributed by atoms with Gasteiger partial charge in [-0.25, -0.2) is 0 Å². The van der Waals surface area contributed by atoms with Crippen LogP contribution in [-0.4, -0.2) is 17.5 Å². The first-order valence-electron chi connectivity index (χ1n) is 6.45. The number of fused-ring (bicyclic) bond motifs is 1. The molecule has 0 radical (unpaired) electrons. The lowest BCUT2D eigenvalue weighted by atomic mass is 9.89. The molecule has 0 amide bonds. The quantitative estimate of drug-likeness (QED) is 0.364. The molecule has 1 fully saturated rings. The van der Waals surface area contributed by atoms with Gasteiger partial charge in [0.15, 0.2) is 5.78 Å². The zero-order chi connectivity index (χ0) is 12.6. The molecule has 2 atom stereocenters. The molecule has 1 aliphatic heterocycles. The van der Waals surface area contributed by atoms with Crippen LogP contribution in [0.3, 0.4) is 0 Å². The number of ketones is 1. The Labute approximate surface area is 104 Å². The van der Waals surface area contributed by atoms with Gasteiger partial charge in [0, 0.05) is 6.42 Å². The lowest BCUT2D eigenvalue weighted by molar-refractivity contribution is -0.116. The van der Waals surface area contributed by atoms with E-state index in [1.165, 1.54) is 5.57 Å². The van der Waals surface area contributed by atoms with E-state index in [1.807, 2.05) is 13.8 Å². The van der Waals surface area contributed by atoms with Crippen LogP contribution in [0.5, 0.6) is 0 Å². The maximum absolute atomic E-state index is 12.3. The molecule has 0 bridgehead atoms. The lowest BCUT2D eigenvalue weighted by Crippen LogP contribution is -2.19. The van der Waals surface area contributed by atoms with Gasteiger partial charge in [0.2, 0.25) is 0 Å². The number of allylic oxidation sites excluding steroid dienone is 4. The minimum atomic E-state index is -0.185. The Morgan fingerprint density at radius 1 is 1.47 bits per heavy atom. The summed E-state index contributed by atoms with van der Waals surface area (Å²) in [4.78, 5) is 12.3. The van der Waals surface area contributed by atoms with Gasteiger partial charge in [0.25, 0.3) is 0 Å². The van der Waals surface area contributed by atoms with E-state index in [0.717, 1.165) is 30.4 Å². The molecule has 2 unspecified atom stereocenters. The maximum atomic E-state index is 12.3. The highest BCUT2D eigenvalue weighted by molar-refractivity contribution is 5.97. The number of rotatable bonds is 0. The molecule has 1 saturated heterocycles. The third-order valence-electron chi connectivity index (χ3n) is 3.94. The van der Waals surface area contributed by atoms with Gasteiger partial charge < -0.3 is 4.74 Å². The predicted octanol–water partition coefficient (Wildman–Crippen LogP) is 3.57. The summed E-state index contributed by atoms with van der Waals surface area (Å²) in [5.74, 6) is 0.265. The SMILES string of the molecule is CC(C)=C1C/C=C(/C)CCC2OC2(C)CC1=O. The van der Waals surface area contributed by atoms with Gasteiger partial charge in [0.05, 0.1) is 11.7 Å². The first-order chi connectivity index (χ1) is 7.92. The van der Waals surface area contributed by atoms with Crippen LogP contribution in [0.4, 0.5) is 0 Å². The fourth-order valence-corrected chi connectivity index (χ4v) is 2.57. The van der Waals surface area contributed by atoms with E-state index in [1.54, 1.807) is 0 Å². The van der Waals surface area contributed by atoms with Crippen molar-refractivity contribution in [3.8, 4) is 0 Å². The van der Waals surface area contributed by atoms with Crippen LogP contribution in [0.1, 0.15) is 53.4 Å². The van der Waals surface area contributed by atoms with Crippen molar-refractivity contribution >= 4 is 5.78 Å². The standard InChI is InChI=1S/C15H22O2/c1-10(2)12-7-5-11(3)6-8-14-15(4,17-14)9-13(12)16/h5,14H,6-9H2,1-4H3/b11-5-. The van der Waals surface area contributed by atoms with Gasteiger partial charge in [-0.3, -0.25) is 4.79 Å². The highest BCUT2D eigenvalue weighted by Gasteiger charge is 2.52. The monoisotopic (exact) mass is 234 g/mol. The van der Waals surface area contributed by atoms with Crippen molar-refractivity contribution in [2.45, 2.75) is 65.1 Å². The van der Waals surface area contributed by atoms with Crippen LogP contribution in [0.15, 0.2) is 22.8 Å². The van der Waals surface area contributed by atoms with E-state index in [9.17, 15) is 4.79 Å². The van der Waals surface area contributed by atoms with E-state index in [4.69, 9.17) is 4.74 Å². The second-order valence-corrected chi connectivity index (χ2v) is 5.79. The molecule has 1 heterocycles. The second-order valence-electron chi connectivity index (χ2n) is 5.79. The largest absolute Gasteiger partial charge is 0.366 e. The third-order valence-corrected chi connectivity index (χ3v) is 3.94. The fourth-order valence-electron chi connectivity index (χ4n) is 2.57. The fraction of sp³-hybridized carbons (Fsp3) is 0.667. The first kappa shape index (κ1) is 12.6. The van der Waals surface area contributed by atoms with Gasteiger partial charge in [-0.2, -0.15) is 0 Å². The summed E-state index contributed by atoms with van der Waals surface area (Å²) in [6, 6.07) is 0. The first-order valence-corrected chi connectivity index (χ1v) is 6.45. The molecule has 0 aromatic heterocycles. The average molecular weight is 234 g/mol. The average Bonchev–Trinajstić information content (AvgIpc) is 2.85. The van der Waals surface area contributed by atoms with Crippen LogP contribution < -0.4 is 0 Å². The van der Waals surface area contributed by atoms with Crippen molar-refractivity contribution < 1.29 is 9.53 Å². The maximum Gasteiger partial charge on any atom is 0.162 e. The highest BCUT2D eigenvalue weighted by Crippen LogP contribution is 2.44. The molecule has 1 aliphatic carbocycles. The zero-order valence-electron chi connectivity index (χ0n) is 11.3. The Kier molecular flexibility index (Phi) is 3.26. The van der Waals surface area contributed by atoms with Gasteiger partial charge in [-0.15, -0.1) is 0 Å². The molecule has 0 N–H and O–H groups in total. The molecule has 0 spiro atoms. The van der Waals surface area contributed by atoms with Crippen molar-refractivity contribution in [2.24, 2.45) is 0 Å². The summed E-state index contributed by atoms with van der Waals surface area (Å²) >= 11 is 0. The molecule has 0 saturated carbocycles. The molecular weight excluding hydrogens is 212 g/mol. The van der Waals surface area contributed by atoms with Crippen LogP contribution in [0.25, 0.3) is 0 Å². The normalized spacial score (nSPS) is 36.9. The topological polar surface area (TPSA) is 29.6 Å². The molecule has 2 aliphatic rings. The van der Waals surface area contributed by atoms with Crippen LogP contribution >= 0.6 is 0 Å². The second kappa shape index (κ2) is 4.41. The molecular formula is C15H22O2. The Hall–Kier alpha value is -0.890. The molecule has 0 aromatic carbocycles. The number of carbonyl (C=O) groups is 1. The zero-order valence-corrected chi connectivity index (χ0v) is 11.3. The number of hydrogen-bond acceptors (Lipinski definition) is 2. The number of carbonyl (C=O) groups excluding carboxylic acids is 1. The van der Waals surface area contributed by atoms with Crippen molar-refractivity contribution in [1.82, 2.24) is 0 Å². The number of epoxide rings is 1. The van der Waals surface area contributed by atoms with E-state index in [2.05, 4.69) is 19.9 Å². The molecule has 17 heavy (non-hydrogen) atoms. The number of Topliss-reactive ketones (excluding diaryl/α,β-unsaturated/α-hetero) is 1. The van der Waals surface area contributed by atoms with Crippen molar-refractivity contribution in [1.29, 1.82) is 0 Å². The molecule has 94 valence electrons. The van der Waals surface area contributed by atoms with Crippen molar-refractivity contribution in [3.63, 3.8) is 0 Å². The number of ether oxygens (including phenoxy) is 1. The molecule has 2 heteroatoms. The summed E-state index contributed by atoms with van der Waals surface area (Å²) < 4.78 is 5.71. The summed E-state index contributed by atoms with van der Waals surface area (Å²) in [5.41, 5.74) is 3.30. The highest BCUT2D eigenvalue weighted by atomic mass is 16.6. The van der Waals surface area contributed by atoms with Gasteiger partial charge >= 0.3 is 0 Å². The minimum Gasteiger partial charge on any atom is -0.366 e. The third kappa shape index (κ3) is 2.68. The smallest absolute Gasteiger partial charge is 0.162 e. The minimum absolute atomic E-state index is 0.185. The Morgan fingerprint density at radius 3 is 2.82 bits per heavy atom. The van der Waals surface area contributed by atoms with Crippen LogP contribution in [0, 0.1) is 0 Å². The Bertz CT molecular complexity index is 399. The predicted molar refractivity (Wildman–Crippen MR) is 68.9 cm³/mol. The summed E-state index contributed by atoms with van der Waals surface area (Å²) in [6.45, 7) is 8.26. The van der Waals surface area contributed by atoms with Crippen LogP contribution in [-0.2, 0) is 9.53 Å². The van der Waals surface area contributed by atoms with Gasteiger partial charge in [-0.1, -0.05) is 17.2 Å². The summed E-state index contributed by atoms with van der Waals surface area (Å²) in [7, 11) is 0. The van der Waals surface area contributed by atoms with Crippen LogP contribution in [0.2, 0.25) is 0 Å². The van der Waals surface area contributed by atoms with E-state index >= 15 is 0 Å². The van der Waals surface area contributed by atoms with Crippen molar-refractivity contribution in [3.05, 3.63) is 22.8 Å².